The van der Waals surface area contributed by atoms with Crippen LogP contribution in [0.5, 0.6) is 0 Å². The van der Waals surface area contributed by atoms with E-state index in [0.29, 0.717) is 25.6 Å². The molecule has 2 aliphatic rings. The molecule has 2 unspecified atom stereocenters. The smallest absolute Gasteiger partial charge is 0.410 e. The lowest BCUT2D eigenvalue weighted by molar-refractivity contribution is 0.0273. The van der Waals surface area contributed by atoms with E-state index in [0.717, 1.165) is 25.1 Å². The molecule has 0 spiro atoms. The summed E-state index contributed by atoms with van der Waals surface area (Å²) in [5.41, 5.74) is -0.794. The SMILES string of the molecule is CC1CCCC(CO)(NC2=NCCN(C(=O)OC(C)(C)C)C2)C1. The molecule has 23 heavy (non-hydrogen) atoms. The van der Waals surface area contributed by atoms with E-state index in [9.17, 15) is 9.90 Å². The van der Waals surface area contributed by atoms with Gasteiger partial charge in [0.25, 0.3) is 0 Å². The summed E-state index contributed by atoms with van der Waals surface area (Å²) in [4.78, 5) is 18.4. The monoisotopic (exact) mass is 325 g/mol. The lowest BCUT2D eigenvalue weighted by Gasteiger charge is -2.41. The molecule has 132 valence electrons. The highest BCUT2D eigenvalue weighted by molar-refractivity contribution is 5.88. The molecule has 0 aromatic heterocycles. The summed E-state index contributed by atoms with van der Waals surface area (Å²) < 4.78 is 5.44. The zero-order valence-corrected chi connectivity index (χ0v) is 14.9. The van der Waals surface area contributed by atoms with E-state index in [2.05, 4.69) is 17.2 Å². The molecule has 1 amide bonds. The summed E-state index contributed by atoms with van der Waals surface area (Å²) in [5.74, 6) is 1.37. The van der Waals surface area contributed by atoms with Crippen molar-refractivity contribution in [2.75, 3.05) is 26.2 Å². The third-order valence-corrected chi connectivity index (χ3v) is 4.47. The number of hydrogen-bond donors (Lipinski definition) is 2. The molecule has 2 atom stereocenters. The second-order valence-electron chi connectivity index (χ2n) is 8.00. The molecule has 0 bridgehead atoms. The standard InChI is InChI=1S/C17H31N3O3/c1-13-6-5-7-17(10-13,12-21)19-14-11-20(9-8-18-14)15(22)23-16(2,3)4/h13,21H,5-12H2,1-4H3,(H,18,19). The molecule has 6 heteroatoms. The van der Waals surface area contributed by atoms with Crippen molar-refractivity contribution in [3.8, 4) is 0 Å². The van der Waals surface area contributed by atoms with Gasteiger partial charge in [-0.25, -0.2) is 4.79 Å². The van der Waals surface area contributed by atoms with E-state index in [-0.39, 0.29) is 18.2 Å². The van der Waals surface area contributed by atoms with Crippen molar-refractivity contribution in [1.82, 2.24) is 10.2 Å². The van der Waals surface area contributed by atoms with E-state index in [1.54, 1.807) is 4.90 Å². The minimum atomic E-state index is -0.496. The van der Waals surface area contributed by atoms with Crippen molar-refractivity contribution in [3.63, 3.8) is 0 Å². The Labute approximate surface area is 139 Å². The Bertz CT molecular complexity index is 458. The van der Waals surface area contributed by atoms with Gasteiger partial charge in [-0.2, -0.15) is 0 Å². The van der Waals surface area contributed by atoms with E-state index in [4.69, 9.17) is 4.74 Å². The number of nitrogens with zero attached hydrogens (tertiary/aromatic N) is 2. The van der Waals surface area contributed by atoms with Crippen LogP contribution in [0.1, 0.15) is 53.4 Å². The topological polar surface area (TPSA) is 74.2 Å². The number of carbonyl (C=O) groups excluding carboxylic acids is 1. The van der Waals surface area contributed by atoms with Crippen LogP contribution in [-0.2, 0) is 4.74 Å². The molecule has 6 nitrogen and oxygen atoms in total. The summed E-state index contributed by atoms with van der Waals surface area (Å²) >= 11 is 0. The molecule has 1 aliphatic carbocycles. The maximum atomic E-state index is 12.2. The highest BCUT2D eigenvalue weighted by Gasteiger charge is 2.36. The van der Waals surface area contributed by atoms with Crippen LogP contribution in [0.15, 0.2) is 4.99 Å². The highest BCUT2D eigenvalue weighted by Crippen LogP contribution is 2.32. The van der Waals surface area contributed by atoms with Crippen molar-refractivity contribution < 1.29 is 14.6 Å². The summed E-state index contributed by atoms with van der Waals surface area (Å²) in [6.07, 6.45) is 3.90. The van der Waals surface area contributed by atoms with Crippen LogP contribution in [0.4, 0.5) is 4.79 Å². The number of aliphatic imine (C=N–C) groups is 1. The third kappa shape index (κ3) is 5.09. The first-order valence-corrected chi connectivity index (χ1v) is 8.63. The molecule has 1 saturated carbocycles. The minimum Gasteiger partial charge on any atom is -0.444 e. The van der Waals surface area contributed by atoms with Crippen molar-refractivity contribution in [2.24, 2.45) is 10.9 Å². The molecule has 0 saturated heterocycles. The third-order valence-electron chi connectivity index (χ3n) is 4.47. The Morgan fingerprint density at radius 1 is 1.52 bits per heavy atom. The molecular formula is C17H31N3O3. The maximum Gasteiger partial charge on any atom is 0.410 e. The second kappa shape index (κ2) is 7.07. The van der Waals surface area contributed by atoms with Gasteiger partial charge in [0, 0.05) is 6.54 Å². The fraction of sp³-hybridized carbons (Fsp3) is 0.882. The van der Waals surface area contributed by atoms with Gasteiger partial charge in [-0.3, -0.25) is 9.89 Å². The Morgan fingerprint density at radius 2 is 2.26 bits per heavy atom. The van der Waals surface area contributed by atoms with Crippen molar-refractivity contribution in [1.29, 1.82) is 0 Å². The van der Waals surface area contributed by atoms with Crippen LogP contribution < -0.4 is 5.32 Å². The molecule has 0 radical (unpaired) electrons. The minimum absolute atomic E-state index is 0.1000. The number of amidine groups is 1. The van der Waals surface area contributed by atoms with Crippen LogP contribution >= 0.6 is 0 Å². The van der Waals surface area contributed by atoms with E-state index < -0.39 is 5.60 Å². The zero-order chi connectivity index (χ0) is 17.1. The first kappa shape index (κ1) is 18.0. The van der Waals surface area contributed by atoms with Gasteiger partial charge in [0.15, 0.2) is 0 Å². The van der Waals surface area contributed by atoms with E-state index in [1.807, 2.05) is 20.8 Å². The Balaban J connectivity index is 1.98. The first-order valence-electron chi connectivity index (χ1n) is 8.63. The average Bonchev–Trinajstić information content (AvgIpc) is 2.46. The molecule has 0 aromatic rings. The number of aliphatic hydroxyl groups excluding tert-OH is 1. The van der Waals surface area contributed by atoms with Crippen LogP contribution in [-0.4, -0.2) is 59.3 Å². The maximum absolute atomic E-state index is 12.2. The lowest BCUT2D eigenvalue weighted by atomic mass is 9.77. The summed E-state index contributed by atoms with van der Waals surface area (Å²) in [7, 11) is 0. The Kier molecular flexibility index (Phi) is 5.55. The lowest BCUT2D eigenvalue weighted by Crippen LogP contribution is -2.57. The summed E-state index contributed by atoms with van der Waals surface area (Å²) in [6, 6.07) is 0. The number of carbonyl (C=O) groups is 1. The Morgan fingerprint density at radius 3 is 2.87 bits per heavy atom. The van der Waals surface area contributed by atoms with Gasteiger partial charge in [0.2, 0.25) is 0 Å². The molecule has 2 rings (SSSR count). The van der Waals surface area contributed by atoms with Crippen LogP contribution in [0.3, 0.4) is 0 Å². The van der Waals surface area contributed by atoms with E-state index >= 15 is 0 Å². The fourth-order valence-corrected chi connectivity index (χ4v) is 3.44. The van der Waals surface area contributed by atoms with Crippen LogP contribution in [0, 0.1) is 5.92 Å². The number of amides is 1. The number of aliphatic hydroxyl groups is 1. The number of rotatable bonds is 2. The van der Waals surface area contributed by atoms with Gasteiger partial charge in [-0.1, -0.05) is 19.8 Å². The van der Waals surface area contributed by atoms with E-state index in [1.165, 1.54) is 6.42 Å². The Hall–Kier alpha value is -1.30. The number of hydrogen-bond acceptors (Lipinski definition) is 5. The van der Waals surface area contributed by atoms with Gasteiger partial charge in [0.1, 0.15) is 11.4 Å². The molecular weight excluding hydrogens is 294 g/mol. The predicted molar refractivity (Wildman–Crippen MR) is 90.7 cm³/mol. The largest absolute Gasteiger partial charge is 0.444 e. The zero-order valence-electron chi connectivity index (χ0n) is 14.9. The average molecular weight is 325 g/mol. The van der Waals surface area contributed by atoms with Crippen molar-refractivity contribution >= 4 is 11.9 Å². The molecule has 2 N–H and O–H groups in total. The van der Waals surface area contributed by atoms with Gasteiger partial charge in [0.05, 0.1) is 25.2 Å². The summed E-state index contributed by atoms with van der Waals surface area (Å²) in [5, 5.41) is 13.3. The number of ether oxygens (including phenoxy) is 1. The molecule has 1 fully saturated rings. The highest BCUT2D eigenvalue weighted by atomic mass is 16.6. The summed E-state index contributed by atoms with van der Waals surface area (Å²) in [6.45, 7) is 9.49. The normalized spacial score (nSPS) is 29.0. The molecule has 1 aliphatic heterocycles. The molecule has 1 heterocycles. The second-order valence-corrected chi connectivity index (χ2v) is 8.00. The predicted octanol–water partition coefficient (Wildman–Crippen LogP) is 2.17. The fourth-order valence-electron chi connectivity index (χ4n) is 3.44. The first-order chi connectivity index (χ1) is 10.7. The van der Waals surface area contributed by atoms with Crippen LogP contribution in [0.2, 0.25) is 0 Å². The van der Waals surface area contributed by atoms with Gasteiger partial charge in [-0.05, 0) is 39.5 Å². The van der Waals surface area contributed by atoms with Crippen LogP contribution in [0.25, 0.3) is 0 Å². The molecule has 0 aromatic carbocycles. The van der Waals surface area contributed by atoms with Gasteiger partial charge < -0.3 is 15.2 Å². The van der Waals surface area contributed by atoms with Crippen molar-refractivity contribution in [2.45, 2.75) is 64.5 Å². The van der Waals surface area contributed by atoms with Gasteiger partial charge >= 0.3 is 6.09 Å². The van der Waals surface area contributed by atoms with Crippen molar-refractivity contribution in [3.05, 3.63) is 0 Å². The quantitative estimate of drug-likeness (QED) is 0.816. The van der Waals surface area contributed by atoms with Gasteiger partial charge in [-0.15, -0.1) is 0 Å². The number of nitrogens with one attached hydrogen (secondary N) is 1.